The van der Waals surface area contributed by atoms with Crippen molar-refractivity contribution in [1.82, 2.24) is 5.32 Å². The van der Waals surface area contributed by atoms with Crippen molar-refractivity contribution in [3.63, 3.8) is 0 Å². The topological polar surface area (TPSA) is 66.4 Å². The van der Waals surface area contributed by atoms with Crippen LogP contribution in [0.15, 0.2) is 11.1 Å². The van der Waals surface area contributed by atoms with Crippen LogP contribution in [0, 0.1) is 11.8 Å². The molecule has 5 heteroatoms. The van der Waals surface area contributed by atoms with Gasteiger partial charge in [0.15, 0.2) is 0 Å². The highest BCUT2D eigenvalue weighted by atomic mass is 79.9. The molecule has 0 aromatic carbocycles. The van der Waals surface area contributed by atoms with E-state index in [1.54, 1.807) is 0 Å². The van der Waals surface area contributed by atoms with E-state index in [1.807, 2.05) is 0 Å². The van der Waals surface area contributed by atoms with Gasteiger partial charge < -0.3 is 10.4 Å². The van der Waals surface area contributed by atoms with Crippen molar-refractivity contribution in [2.45, 2.75) is 6.42 Å². The van der Waals surface area contributed by atoms with Crippen molar-refractivity contribution in [1.29, 1.82) is 0 Å². The first-order chi connectivity index (χ1) is 6.02. The van der Waals surface area contributed by atoms with Crippen LogP contribution in [0.4, 0.5) is 0 Å². The SMILES string of the molecule is C=C(Br)CNC(=O)C1CC1C(=O)O. The number of hydrogen-bond acceptors (Lipinski definition) is 2. The zero-order valence-corrected chi connectivity index (χ0v) is 8.50. The van der Waals surface area contributed by atoms with Crippen LogP contribution in [-0.4, -0.2) is 23.5 Å². The van der Waals surface area contributed by atoms with Crippen LogP contribution in [-0.2, 0) is 9.59 Å². The summed E-state index contributed by atoms with van der Waals surface area (Å²) in [4.78, 5) is 21.6. The molecule has 0 spiro atoms. The molecule has 0 aromatic rings. The van der Waals surface area contributed by atoms with Crippen molar-refractivity contribution >= 4 is 27.8 Å². The molecule has 0 radical (unpaired) electrons. The largest absolute Gasteiger partial charge is 0.481 e. The first-order valence-electron chi connectivity index (χ1n) is 3.86. The molecule has 4 nitrogen and oxygen atoms in total. The molecule has 13 heavy (non-hydrogen) atoms. The number of carbonyl (C=O) groups is 2. The van der Waals surface area contributed by atoms with Gasteiger partial charge in [-0.15, -0.1) is 0 Å². The summed E-state index contributed by atoms with van der Waals surface area (Å²) in [5.74, 6) is -1.92. The van der Waals surface area contributed by atoms with E-state index in [-0.39, 0.29) is 11.8 Å². The van der Waals surface area contributed by atoms with Gasteiger partial charge in [0, 0.05) is 11.0 Å². The Kier molecular flexibility index (Phi) is 3.08. The second-order valence-electron chi connectivity index (χ2n) is 3.02. The molecule has 72 valence electrons. The number of carbonyl (C=O) groups excluding carboxylic acids is 1. The lowest BCUT2D eigenvalue weighted by Gasteiger charge is -2.01. The lowest BCUT2D eigenvalue weighted by atomic mass is 10.3. The molecule has 0 aliphatic heterocycles. The molecule has 1 saturated carbocycles. The first kappa shape index (κ1) is 10.2. The molecule has 0 aromatic heterocycles. The molecule has 2 atom stereocenters. The summed E-state index contributed by atoms with van der Waals surface area (Å²) in [6.07, 6.45) is 0.454. The predicted octanol–water partition coefficient (Wildman–Crippen LogP) is 0.732. The van der Waals surface area contributed by atoms with Crippen molar-refractivity contribution < 1.29 is 14.7 Å². The molecule has 1 fully saturated rings. The Morgan fingerprint density at radius 2 is 2.15 bits per heavy atom. The molecule has 0 saturated heterocycles. The van der Waals surface area contributed by atoms with Crippen LogP contribution in [0.5, 0.6) is 0 Å². The highest BCUT2D eigenvalue weighted by Gasteiger charge is 2.48. The van der Waals surface area contributed by atoms with Crippen LogP contribution >= 0.6 is 15.9 Å². The summed E-state index contributed by atoms with van der Waals surface area (Å²) in [7, 11) is 0. The van der Waals surface area contributed by atoms with Gasteiger partial charge in [-0.3, -0.25) is 9.59 Å². The Bertz CT molecular complexity index is 264. The van der Waals surface area contributed by atoms with Crippen LogP contribution in [0.3, 0.4) is 0 Å². The van der Waals surface area contributed by atoms with E-state index in [1.165, 1.54) is 0 Å². The van der Waals surface area contributed by atoms with E-state index in [4.69, 9.17) is 5.11 Å². The molecular weight excluding hydrogens is 238 g/mol. The lowest BCUT2D eigenvalue weighted by molar-refractivity contribution is -0.140. The molecule has 0 heterocycles. The highest BCUT2D eigenvalue weighted by Crippen LogP contribution is 2.38. The maximum absolute atomic E-state index is 11.2. The standard InChI is InChI=1S/C8H10BrNO3/c1-4(9)3-10-7(11)5-2-6(5)8(12)13/h5-6H,1-3H2,(H,10,11)(H,12,13). The number of hydrogen-bond donors (Lipinski definition) is 2. The molecular formula is C8H10BrNO3. The summed E-state index contributed by atoms with van der Waals surface area (Å²) in [6.45, 7) is 3.90. The monoisotopic (exact) mass is 247 g/mol. The zero-order valence-electron chi connectivity index (χ0n) is 6.92. The van der Waals surface area contributed by atoms with Crippen molar-refractivity contribution in [3.8, 4) is 0 Å². The molecule has 1 amide bonds. The molecule has 2 N–H and O–H groups in total. The van der Waals surface area contributed by atoms with Crippen LogP contribution in [0.25, 0.3) is 0 Å². The van der Waals surface area contributed by atoms with Crippen LogP contribution in [0.2, 0.25) is 0 Å². The minimum absolute atomic E-state index is 0.201. The van der Waals surface area contributed by atoms with E-state index in [2.05, 4.69) is 27.8 Å². The number of halogens is 1. The van der Waals surface area contributed by atoms with Gasteiger partial charge in [-0.25, -0.2) is 0 Å². The second kappa shape index (κ2) is 3.91. The van der Waals surface area contributed by atoms with Gasteiger partial charge in [-0.1, -0.05) is 22.5 Å². The summed E-state index contributed by atoms with van der Waals surface area (Å²) in [5.41, 5.74) is 0. The quantitative estimate of drug-likeness (QED) is 0.770. The smallest absolute Gasteiger partial charge is 0.307 e. The Labute approximate surface area is 84.1 Å². The Hall–Kier alpha value is -0.840. The maximum atomic E-state index is 11.2. The van der Waals surface area contributed by atoms with E-state index in [9.17, 15) is 9.59 Å². The summed E-state index contributed by atoms with van der Waals surface area (Å²) < 4.78 is 0.674. The highest BCUT2D eigenvalue weighted by molar-refractivity contribution is 9.11. The van der Waals surface area contributed by atoms with Crippen LogP contribution < -0.4 is 5.32 Å². The zero-order chi connectivity index (χ0) is 10.0. The van der Waals surface area contributed by atoms with E-state index in [0.29, 0.717) is 17.4 Å². The number of amides is 1. The molecule has 1 aliphatic carbocycles. The predicted molar refractivity (Wildman–Crippen MR) is 50.3 cm³/mol. The van der Waals surface area contributed by atoms with Gasteiger partial charge in [0.2, 0.25) is 5.91 Å². The van der Waals surface area contributed by atoms with Crippen molar-refractivity contribution in [2.75, 3.05) is 6.54 Å². The van der Waals surface area contributed by atoms with Gasteiger partial charge in [0.25, 0.3) is 0 Å². The average molecular weight is 248 g/mol. The van der Waals surface area contributed by atoms with E-state index < -0.39 is 11.9 Å². The number of rotatable bonds is 4. The Balaban J connectivity index is 2.27. The molecule has 0 bridgehead atoms. The number of carboxylic acid groups (broad SMARTS) is 1. The third kappa shape index (κ3) is 2.84. The van der Waals surface area contributed by atoms with E-state index in [0.717, 1.165) is 0 Å². The second-order valence-corrected chi connectivity index (χ2v) is 4.14. The molecule has 1 rings (SSSR count). The maximum Gasteiger partial charge on any atom is 0.307 e. The van der Waals surface area contributed by atoms with Crippen LogP contribution in [0.1, 0.15) is 6.42 Å². The van der Waals surface area contributed by atoms with Gasteiger partial charge in [0.1, 0.15) is 0 Å². The Morgan fingerprint density at radius 3 is 2.54 bits per heavy atom. The van der Waals surface area contributed by atoms with Gasteiger partial charge in [-0.2, -0.15) is 0 Å². The van der Waals surface area contributed by atoms with Crippen molar-refractivity contribution in [2.24, 2.45) is 11.8 Å². The lowest BCUT2D eigenvalue weighted by Crippen LogP contribution is -2.27. The Morgan fingerprint density at radius 1 is 1.54 bits per heavy atom. The number of carboxylic acids is 1. The summed E-state index contributed by atoms with van der Waals surface area (Å²) in [5, 5.41) is 11.1. The molecule has 2 unspecified atom stereocenters. The third-order valence-electron chi connectivity index (χ3n) is 1.90. The average Bonchev–Trinajstić information content (AvgIpc) is 2.78. The van der Waals surface area contributed by atoms with Crippen molar-refractivity contribution in [3.05, 3.63) is 11.1 Å². The minimum Gasteiger partial charge on any atom is -0.481 e. The number of nitrogens with one attached hydrogen (secondary N) is 1. The summed E-state index contributed by atoms with van der Waals surface area (Å²) in [6, 6.07) is 0. The fourth-order valence-electron chi connectivity index (χ4n) is 1.07. The van der Waals surface area contributed by atoms with E-state index >= 15 is 0 Å². The fourth-order valence-corrected chi connectivity index (χ4v) is 1.21. The third-order valence-corrected chi connectivity index (χ3v) is 2.18. The fraction of sp³-hybridized carbons (Fsp3) is 0.500. The summed E-state index contributed by atoms with van der Waals surface area (Å²) >= 11 is 3.09. The number of aliphatic carboxylic acids is 1. The molecule has 1 aliphatic rings. The van der Waals surface area contributed by atoms with Gasteiger partial charge in [-0.05, 0) is 6.42 Å². The minimum atomic E-state index is -0.891. The first-order valence-corrected chi connectivity index (χ1v) is 4.65. The normalized spacial score (nSPS) is 25.0. The van der Waals surface area contributed by atoms with Gasteiger partial charge in [0.05, 0.1) is 11.8 Å². The van der Waals surface area contributed by atoms with Gasteiger partial charge >= 0.3 is 5.97 Å².